The Morgan fingerprint density at radius 1 is 1.00 bits per heavy atom. The minimum atomic E-state index is -0.493. The molecule has 1 N–H and O–H groups in total. The molecular formula is C23H18N2O4S. The Morgan fingerprint density at radius 2 is 1.77 bits per heavy atom. The predicted molar refractivity (Wildman–Crippen MR) is 117 cm³/mol. The molecule has 2 heterocycles. The summed E-state index contributed by atoms with van der Waals surface area (Å²) in [5.41, 5.74) is 2.32. The fourth-order valence-electron chi connectivity index (χ4n) is 2.95. The second kappa shape index (κ2) is 8.34. The van der Waals surface area contributed by atoms with E-state index in [1.807, 2.05) is 29.6 Å². The lowest BCUT2D eigenvalue weighted by Crippen LogP contribution is -2.12. The van der Waals surface area contributed by atoms with Crippen LogP contribution in [0.15, 0.2) is 66.0 Å². The molecule has 0 saturated carbocycles. The van der Waals surface area contributed by atoms with E-state index in [0.717, 1.165) is 10.9 Å². The number of benzene rings is 2. The zero-order valence-electron chi connectivity index (χ0n) is 16.3. The van der Waals surface area contributed by atoms with Crippen LogP contribution < -0.4 is 14.8 Å². The fraction of sp³-hybridized carbons (Fsp3) is 0.0870. The summed E-state index contributed by atoms with van der Waals surface area (Å²) in [5.74, 6) is 0.414. The number of rotatable bonds is 5. The lowest BCUT2D eigenvalue weighted by atomic mass is 10.1. The second-order valence-electron chi connectivity index (χ2n) is 6.53. The van der Waals surface area contributed by atoms with Gasteiger partial charge in [0.05, 0.1) is 28.8 Å². The first-order chi connectivity index (χ1) is 14.5. The van der Waals surface area contributed by atoms with E-state index < -0.39 is 5.97 Å². The van der Waals surface area contributed by atoms with Crippen LogP contribution >= 0.6 is 11.3 Å². The van der Waals surface area contributed by atoms with E-state index >= 15 is 0 Å². The maximum absolute atomic E-state index is 12.7. The highest BCUT2D eigenvalue weighted by atomic mass is 32.1. The van der Waals surface area contributed by atoms with Crippen molar-refractivity contribution in [2.45, 2.75) is 6.92 Å². The van der Waals surface area contributed by atoms with Gasteiger partial charge in [-0.2, -0.15) is 0 Å². The topological polar surface area (TPSA) is 77.5 Å². The number of anilines is 1. The number of amides is 1. The molecule has 0 aliphatic heterocycles. The smallest absolute Gasteiger partial charge is 0.345 e. The minimum Gasteiger partial charge on any atom is -0.497 e. The summed E-state index contributed by atoms with van der Waals surface area (Å²) in [4.78, 5) is 29.9. The van der Waals surface area contributed by atoms with Crippen LogP contribution in [-0.4, -0.2) is 24.0 Å². The second-order valence-corrected chi connectivity index (χ2v) is 7.47. The van der Waals surface area contributed by atoms with Crippen LogP contribution in [0.3, 0.4) is 0 Å². The van der Waals surface area contributed by atoms with Crippen LogP contribution in [0.1, 0.15) is 25.7 Å². The summed E-state index contributed by atoms with van der Waals surface area (Å²) in [5, 5.41) is 5.47. The summed E-state index contributed by atoms with van der Waals surface area (Å²) in [7, 11) is 1.60. The van der Waals surface area contributed by atoms with Crippen molar-refractivity contribution >= 4 is 39.8 Å². The number of hydrogen-bond acceptors (Lipinski definition) is 6. The molecule has 0 fully saturated rings. The third kappa shape index (κ3) is 4.16. The number of carbonyl (C=O) groups excluding carboxylic acids is 2. The van der Waals surface area contributed by atoms with Gasteiger partial charge in [0.2, 0.25) is 0 Å². The Balaban J connectivity index is 1.48. The van der Waals surface area contributed by atoms with Crippen molar-refractivity contribution in [2.24, 2.45) is 0 Å². The molecule has 7 heteroatoms. The number of methoxy groups -OCH3 is 1. The monoisotopic (exact) mass is 418 g/mol. The molecular weight excluding hydrogens is 400 g/mol. The molecule has 0 aliphatic carbocycles. The average molecular weight is 418 g/mol. The molecule has 0 radical (unpaired) electrons. The Hall–Kier alpha value is -3.71. The van der Waals surface area contributed by atoms with Crippen LogP contribution in [0, 0.1) is 6.92 Å². The van der Waals surface area contributed by atoms with Gasteiger partial charge in [-0.25, -0.2) is 4.79 Å². The largest absolute Gasteiger partial charge is 0.497 e. The molecule has 0 saturated heterocycles. The molecule has 0 bridgehead atoms. The van der Waals surface area contributed by atoms with Crippen molar-refractivity contribution in [3.8, 4) is 11.5 Å². The maximum Gasteiger partial charge on any atom is 0.345 e. The van der Waals surface area contributed by atoms with Crippen molar-refractivity contribution < 1.29 is 19.1 Å². The van der Waals surface area contributed by atoms with Crippen LogP contribution in [-0.2, 0) is 0 Å². The van der Waals surface area contributed by atoms with Crippen molar-refractivity contribution in [2.75, 3.05) is 12.4 Å². The first-order valence-corrected chi connectivity index (χ1v) is 10.0. The molecule has 4 rings (SSSR count). The molecule has 0 spiro atoms. The van der Waals surface area contributed by atoms with E-state index in [-0.39, 0.29) is 5.91 Å². The van der Waals surface area contributed by atoms with Gasteiger partial charge in [-0.1, -0.05) is 6.07 Å². The number of esters is 1. The van der Waals surface area contributed by atoms with Crippen molar-refractivity contribution in [3.63, 3.8) is 0 Å². The number of thiophene rings is 1. The molecule has 0 atom stereocenters. The lowest BCUT2D eigenvalue weighted by Gasteiger charge is -2.10. The number of pyridine rings is 1. The molecule has 2 aromatic carbocycles. The predicted octanol–water partition coefficient (Wildman–Crippen LogP) is 5.08. The molecule has 30 heavy (non-hydrogen) atoms. The summed E-state index contributed by atoms with van der Waals surface area (Å²) < 4.78 is 10.7. The van der Waals surface area contributed by atoms with Crippen molar-refractivity contribution in [1.82, 2.24) is 4.98 Å². The first kappa shape index (κ1) is 19.6. The fourth-order valence-corrected chi connectivity index (χ4v) is 3.56. The van der Waals surface area contributed by atoms with E-state index in [4.69, 9.17) is 9.47 Å². The first-order valence-electron chi connectivity index (χ1n) is 9.16. The highest BCUT2D eigenvalue weighted by Gasteiger charge is 2.15. The Bertz CT molecular complexity index is 1220. The number of nitrogens with zero attached hydrogens (tertiary/aromatic N) is 1. The highest BCUT2D eigenvalue weighted by molar-refractivity contribution is 7.12. The van der Waals surface area contributed by atoms with E-state index in [9.17, 15) is 9.59 Å². The summed E-state index contributed by atoms with van der Waals surface area (Å²) >= 11 is 1.37. The molecule has 0 unspecified atom stereocenters. The van der Waals surface area contributed by atoms with Gasteiger partial charge in [0.15, 0.2) is 0 Å². The van der Waals surface area contributed by atoms with Crippen LogP contribution in [0.2, 0.25) is 0 Å². The van der Waals surface area contributed by atoms with E-state index in [2.05, 4.69) is 10.3 Å². The molecule has 2 aromatic heterocycles. The number of fused-ring (bicyclic) bond motifs is 1. The van der Waals surface area contributed by atoms with Crippen LogP contribution in [0.5, 0.6) is 11.5 Å². The summed E-state index contributed by atoms with van der Waals surface area (Å²) in [6.45, 7) is 1.76. The molecule has 6 nitrogen and oxygen atoms in total. The van der Waals surface area contributed by atoms with Gasteiger partial charge in [-0.15, -0.1) is 11.3 Å². The Kier molecular flexibility index (Phi) is 5.45. The number of carbonyl (C=O) groups is 2. The van der Waals surface area contributed by atoms with E-state index in [1.54, 1.807) is 50.4 Å². The maximum atomic E-state index is 12.7. The summed E-state index contributed by atoms with van der Waals surface area (Å²) in [6.07, 6.45) is 0. The van der Waals surface area contributed by atoms with Crippen molar-refractivity contribution in [1.29, 1.82) is 0 Å². The SMILES string of the molecule is COc1ccc2cc(C(=O)Oc3ccc(NC(=O)c4cccs4)cc3)c(C)nc2c1. The van der Waals surface area contributed by atoms with Crippen LogP contribution in [0.4, 0.5) is 5.69 Å². The Labute approximate surface area is 177 Å². The average Bonchev–Trinajstić information content (AvgIpc) is 3.29. The summed E-state index contributed by atoms with van der Waals surface area (Å²) in [6, 6.07) is 17.5. The van der Waals surface area contributed by atoms with Gasteiger partial charge >= 0.3 is 5.97 Å². The number of ether oxygens (including phenoxy) is 2. The normalized spacial score (nSPS) is 10.6. The van der Waals surface area contributed by atoms with E-state index in [0.29, 0.717) is 33.3 Å². The number of aromatic nitrogens is 1. The standard InChI is InChI=1S/C23H18N2O4S/c1-14-19(12-15-5-8-18(28-2)13-20(15)24-14)23(27)29-17-9-6-16(7-10-17)25-22(26)21-4-3-11-30-21/h3-13H,1-2H3,(H,25,26). The molecule has 4 aromatic rings. The van der Waals surface area contributed by atoms with Gasteiger partial charge in [0.25, 0.3) is 5.91 Å². The third-order valence-electron chi connectivity index (χ3n) is 4.50. The van der Waals surface area contributed by atoms with Crippen molar-refractivity contribution in [3.05, 3.63) is 82.2 Å². The number of hydrogen-bond donors (Lipinski definition) is 1. The minimum absolute atomic E-state index is 0.177. The third-order valence-corrected chi connectivity index (χ3v) is 5.37. The molecule has 150 valence electrons. The lowest BCUT2D eigenvalue weighted by molar-refractivity contribution is 0.0733. The van der Waals surface area contributed by atoms with Gasteiger partial charge in [-0.3, -0.25) is 9.78 Å². The Morgan fingerprint density at radius 3 is 2.47 bits per heavy atom. The van der Waals surface area contributed by atoms with E-state index in [1.165, 1.54) is 11.3 Å². The van der Waals surface area contributed by atoms with Gasteiger partial charge in [0.1, 0.15) is 11.5 Å². The van der Waals surface area contributed by atoms with Gasteiger partial charge < -0.3 is 14.8 Å². The number of nitrogens with one attached hydrogen (secondary N) is 1. The number of aryl methyl sites for hydroxylation is 1. The highest BCUT2D eigenvalue weighted by Crippen LogP contribution is 2.23. The zero-order valence-corrected chi connectivity index (χ0v) is 17.2. The molecule has 1 amide bonds. The van der Waals surface area contributed by atoms with Crippen LogP contribution in [0.25, 0.3) is 10.9 Å². The van der Waals surface area contributed by atoms with Gasteiger partial charge in [0, 0.05) is 17.1 Å². The van der Waals surface area contributed by atoms with Gasteiger partial charge in [-0.05, 0) is 60.8 Å². The quantitative estimate of drug-likeness (QED) is 0.361. The zero-order chi connectivity index (χ0) is 21.1. The molecule has 0 aliphatic rings.